The first-order valence-corrected chi connectivity index (χ1v) is 5.44. The molecule has 1 rings (SSSR count). The minimum Gasteiger partial charge on any atom is -0.468 e. The van der Waals surface area contributed by atoms with E-state index in [4.69, 9.17) is 0 Å². The number of carbonyl (C=O) groups is 1. The second-order valence-electron chi connectivity index (χ2n) is 3.13. The number of hydrogen-bond acceptors (Lipinski definition) is 5. The SMILES string of the molecule is COC(=O)C(Br)Cn1cc([N+](=O)[O-])ccc1=O. The number of esters is 1. The summed E-state index contributed by atoms with van der Waals surface area (Å²) in [6.45, 7) is -0.0345. The lowest BCUT2D eigenvalue weighted by molar-refractivity contribution is -0.385. The molecule has 0 N–H and O–H groups in total. The second kappa shape index (κ2) is 5.58. The molecule has 1 unspecified atom stereocenters. The van der Waals surface area contributed by atoms with Gasteiger partial charge in [0.1, 0.15) is 4.83 Å². The molecule has 1 heterocycles. The second-order valence-corrected chi connectivity index (χ2v) is 4.23. The van der Waals surface area contributed by atoms with Crippen LogP contribution in [0, 0.1) is 10.1 Å². The van der Waals surface area contributed by atoms with Crippen molar-refractivity contribution in [1.82, 2.24) is 4.57 Å². The number of pyridine rings is 1. The fourth-order valence-electron chi connectivity index (χ4n) is 1.14. The number of halogens is 1. The summed E-state index contributed by atoms with van der Waals surface area (Å²) in [6, 6.07) is 2.19. The lowest BCUT2D eigenvalue weighted by Gasteiger charge is -2.09. The van der Waals surface area contributed by atoms with Gasteiger partial charge in [-0.2, -0.15) is 0 Å². The zero-order valence-electron chi connectivity index (χ0n) is 8.83. The number of nitrogens with zero attached hydrogens (tertiary/aromatic N) is 2. The Morgan fingerprint density at radius 1 is 1.65 bits per heavy atom. The number of alkyl halides is 1. The third-order valence-electron chi connectivity index (χ3n) is 1.99. The van der Waals surface area contributed by atoms with E-state index in [-0.39, 0.29) is 12.2 Å². The van der Waals surface area contributed by atoms with Crippen molar-refractivity contribution in [2.45, 2.75) is 11.4 Å². The maximum absolute atomic E-state index is 11.4. The standard InChI is InChI=1S/C9H9BrN2O5/c1-17-9(14)7(10)5-11-4-6(12(15)16)2-3-8(11)13/h2-4,7H,5H2,1H3. The highest BCUT2D eigenvalue weighted by Crippen LogP contribution is 2.09. The highest BCUT2D eigenvalue weighted by atomic mass is 79.9. The van der Waals surface area contributed by atoms with E-state index >= 15 is 0 Å². The Hall–Kier alpha value is -1.70. The van der Waals surface area contributed by atoms with Crippen LogP contribution >= 0.6 is 15.9 Å². The Kier molecular flexibility index (Phi) is 4.38. The molecule has 0 aliphatic carbocycles. The van der Waals surface area contributed by atoms with Crippen LogP contribution in [0.3, 0.4) is 0 Å². The van der Waals surface area contributed by atoms with E-state index in [1.165, 1.54) is 7.11 Å². The van der Waals surface area contributed by atoms with Crippen LogP contribution in [0.25, 0.3) is 0 Å². The molecular weight excluding hydrogens is 296 g/mol. The number of rotatable bonds is 4. The van der Waals surface area contributed by atoms with E-state index in [2.05, 4.69) is 20.7 Å². The largest absolute Gasteiger partial charge is 0.468 e. The molecule has 17 heavy (non-hydrogen) atoms. The molecule has 0 saturated carbocycles. The highest BCUT2D eigenvalue weighted by molar-refractivity contribution is 9.10. The monoisotopic (exact) mass is 304 g/mol. The number of carbonyl (C=O) groups excluding carboxylic acids is 1. The van der Waals surface area contributed by atoms with Gasteiger partial charge in [0.25, 0.3) is 11.2 Å². The molecule has 7 nitrogen and oxygen atoms in total. The van der Waals surface area contributed by atoms with Gasteiger partial charge in [0, 0.05) is 18.7 Å². The molecule has 8 heteroatoms. The Labute approximate surface area is 104 Å². The number of nitro groups is 1. The predicted molar refractivity (Wildman–Crippen MR) is 62.1 cm³/mol. The van der Waals surface area contributed by atoms with Crippen molar-refractivity contribution in [3.8, 4) is 0 Å². The smallest absolute Gasteiger partial charge is 0.321 e. The Morgan fingerprint density at radius 2 is 2.29 bits per heavy atom. The van der Waals surface area contributed by atoms with Crippen molar-refractivity contribution < 1.29 is 14.5 Å². The Bertz CT molecular complexity index is 498. The maximum Gasteiger partial charge on any atom is 0.321 e. The van der Waals surface area contributed by atoms with Crippen molar-refractivity contribution in [1.29, 1.82) is 0 Å². The van der Waals surface area contributed by atoms with E-state index in [0.29, 0.717) is 0 Å². The zero-order valence-corrected chi connectivity index (χ0v) is 10.4. The molecule has 1 atom stereocenters. The highest BCUT2D eigenvalue weighted by Gasteiger charge is 2.17. The normalized spacial score (nSPS) is 11.9. The molecule has 0 bridgehead atoms. The van der Waals surface area contributed by atoms with Crippen molar-refractivity contribution in [3.63, 3.8) is 0 Å². The van der Waals surface area contributed by atoms with E-state index in [9.17, 15) is 19.7 Å². The first-order chi connectivity index (χ1) is 7.95. The van der Waals surface area contributed by atoms with Gasteiger partial charge in [-0.15, -0.1) is 0 Å². The number of ether oxygens (including phenoxy) is 1. The lowest BCUT2D eigenvalue weighted by atomic mass is 10.3. The van der Waals surface area contributed by atoms with Gasteiger partial charge in [0.2, 0.25) is 0 Å². The summed E-state index contributed by atoms with van der Waals surface area (Å²) >= 11 is 3.03. The molecule has 0 fully saturated rings. The first kappa shape index (κ1) is 13.4. The molecule has 0 aliphatic rings. The molecular formula is C9H9BrN2O5. The summed E-state index contributed by atoms with van der Waals surface area (Å²) in [5, 5.41) is 10.5. The fraction of sp³-hybridized carbons (Fsp3) is 0.333. The average Bonchev–Trinajstić information content (AvgIpc) is 2.30. The van der Waals surface area contributed by atoms with Crippen LogP contribution in [-0.4, -0.2) is 27.4 Å². The molecule has 0 aromatic carbocycles. The van der Waals surface area contributed by atoms with E-state index in [1.807, 2.05) is 0 Å². The number of aromatic nitrogens is 1. The topological polar surface area (TPSA) is 91.4 Å². The van der Waals surface area contributed by atoms with Gasteiger partial charge in [0.05, 0.1) is 18.2 Å². The van der Waals surface area contributed by atoms with E-state index in [1.54, 1.807) is 0 Å². The molecule has 1 aromatic heterocycles. The molecule has 0 aliphatic heterocycles. The third kappa shape index (κ3) is 3.38. The van der Waals surface area contributed by atoms with E-state index < -0.39 is 21.3 Å². The Morgan fingerprint density at radius 3 is 2.82 bits per heavy atom. The maximum atomic E-state index is 11.4. The van der Waals surface area contributed by atoms with Gasteiger partial charge in [-0.05, 0) is 0 Å². The minimum atomic E-state index is -0.729. The van der Waals surface area contributed by atoms with Crippen molar-refractivity contribution in [2.75, 3.05) is 7.11 Å². The summed E-state index contributed by atoms with van der Waals surface area (Å²) in [5.74, 6) is -0.552. The fourth-order valence-corrected chi connectivity index (χ4v) is 1.64. The van der Waals surface area contributed by atoms with Gasteiger partial charge in [-0.1, -0.05) is 15.9 Å². The quantitative estimate of drug-likeness (QED) is 0.353. The summed E-state index contributed by atoms with van der Waals surface area (Å²) in [4.78, 5) is 31.7. The van der Waals surface area contributed by atoms with Crippen LogP contribution in [-0.2, 0) is 16.1 Å². The van der Waals surface area contributed by atoms with Crippen LogP contribution in [0.1, 0.15) is 0 Å². The molecule has 0 radical (unpaired) electrons. The number of methoxy groups -OCH3 is 1. The predicted octanol–water partition coefficient (Wildman–Crippen LogP) is 0.693. The van der Waals surface area contributed by atoms with Crippen LogP contribution in [0.4, 0.5) is 5.69 Å². The molecule has 0 amide bonds. The molecule has 1 aromatic rings. The summed E-state index contributed by atoms with van der Waals surface area (Å²) in [7, 11) is 1.22. The number of hydrogen-bond donors (Lipinski definition) is 0. The van der Waals surface area contributed by atoms with Gasteiger partial charge < -0.3 is 9.30 Å². The molecule has 0 spiro atoms. The van der Waals surface area contributed by atoms with Gasteiger partial charge in [0.15, 0.2) is 0 Å². The summed E-state index contributed by atoms with van der Waals surface area (Å²) in [6.07, 6.45) is 1.08. The van der Waals surface area contributed by atoms with E-state index in [0.717, 1.165) is 22.9 Å². The lowest BCUT2D eigenvalue weighted by Crippen LogP contribution is -2.28. The average molecular weight is 305 g/mol. The zero-order chi connectivity index (χ0) is 13.0. The van der Waals surface area contributed by atoms with Crippen molar-refractivity contribution in [3.05, 3.63) is 38.8 Å². The summed E-state index contributed by atoms with van der Waals surface area (Å²) in [5.41, 5.74) is -0.641. The first-order valence-electron chi connectivity index (χ1n) is 4.52. The van der Waals surface area contributed by atoms with Crippen LogP contribution < -0.4 is 5.56 Å². The van der Waals surface area contributed by atoms with Gasteiger partial charge in [-0.3, -0.25) is 19.7 Å². The molecule has 0 saturated heterocycles. The Balaban J connectivity index is 2.98. The minimum absolute atomic E-state index is 0.0345. The molecule has 92 valence electrons. The van der Waals surface area contributed by atoms with Gasteiger partial charge in [-0.25, -0.2) is 0 Å². The van der Waals surface area contributed by atoms with Crippen LogP contribution in [0.2, 0.25) is 0 Å². The third-order valence-corrected chi connectivity index (χ3v) is 2.66. The van der Waals surface area contributed by atoms with Crippen molar-refractivity contribution >= 4 is 27.6 Å². The van der Waals surface area contributed by atoms with Gasteiger partial charge >= 0.3 is 5.97 Å². The summed E-state index contributed by atoms with van der Waals surface area (Å²) < 4.78 is 5.54. The van der Waals surface area contributed by atoms with Crippen molar-refractivity contribution in [2.24, 2.45) is 0 Å². The van der Waals surface area contributed by atoms with Crippen LogP contribution in [0.15, 0.2) is 23.1 Å². The van der Waals surface area contributed by atoms with Crippen LogP contribution in [0.5, 0.6) is 0 Å².